The number of amides is 1. The number of likely N-dealkylation sites (tertiary alicyclic amines) is 1. The topological polar surface area (TPSA) is 84.2 Å². The van der Waals surface area contributed by atoms with Crippen molar-refractivity contribution in [2.45, 2.75) is 43.9 Å². The summed E-state index contributed by atoms with van der Waals surface area (Å²) in [5.41, 5.74) is 3.04. The molecule has 184 valence electrons. The van der Waals surface area contributed by atoms with Crippen molar-refractivity contribution in [1.82, 2.24) is 10.2 Å². The molecule has 7 heteroatoms. The Morgan fingerprint density at radius 1 is 1.17 bits per heavy atom. The van der Waals surface area contributed by atoms with E-state index >= 15 is 0 Å². The van der Waals surface area contributed by atoms with E-state index in [-0.39, 0.29) is 29.2 Å². The number of benzene rings is 2. The summed E-state index contributed by atoms with van der Waals surface area (Å²) in [5, 5.41) is 13.6. The fourth-order valence-corrected chi connectivity index (χ4v) is 5.79. The van der Waals surface area contributed by atoms with Gasteiger partial charge in [-0.05, 0) is 74.3 Å². The lowest BCUT2D eigenvalue weighted by Crippen LogP contribution is -2.50. The molecule has 5 rings (SSSR count). The molecule has 2 aliphatic rings. The first kappa shape index (κ1) is 23.5. The van der Waals surface area contributed by atoms with Crippen LogP contribution in [0.1, 0.15) is 53.1 Å². The molecule has 0 unspecified atom stereocenters. The van der Waals surface area contributed by atoms with E-state index < -0.39 is 0 Å². The molecule has 0 bridgehead atoms. The van der Waals surface area contributed by atoms with Gasteiger partial charge in [-0.1, -0.05) is 24.3 Å². The number of piperidine rings is 1. The van der Waals surface area contributed by atoms with E-state index in [0.29, 0.717) is 18.9 Å². The minimum atomic E-state index is -0.252. The maximum absolute atomic E-state index is 12.9. The predicted molar refractivity (Wildman–Crippen MR) is 132 cm³/mol. The van der Waals surface area contributed by atoms with Crippen molar-refractivity contribution in [3.63, 3.8) is 0 Å². The van der Waals surface area contributed by atoms with Crippen LogP contribution in [0.3, 0.4) is 0 Å². The summed E-state index contributed by atoms with van der Waals surface area (Å²) >= 11 is 0. The maximum atomic E-state index is 12.9. The zero-order chi connectivity index (χ0) is 24.4. The summed E-state index contributed by atoms with van der Waals surface area (Å²) in [6, 6.07) is 16.9. The Kier molecular flexibility index (Phi) is 6.54. The van der Waals surface area contributed by atoms with Crippen LogP contribution in [0.15, 0.2) is 65.3 Å². The SMILES string of the molecule is CCO[C@H]1[C@H](NC(=O)c2ccco2)c2ccccc2C12CCN(Cc1cc(OC)ccc1O)CC2. The number of furan rings is 1. The Labute approximate surface area is 205 Å². The molecule has 1 aliphatic heterocycles. The molecule has 1 spiro atoms. The van der Waals surface area contributed by atoms with Crippen LogP contribution >= 0.6 is 0 Å². The molecule has 2 aromatic carbocycles. The lowest BCUT2D eigenvalue weighted by atomic mass is 9.71. The van der Waals surface area contributed by atoms with Crippen molar-refractivity contribution in [2.75, 3.05) is 26.8 Å². The number of nitrogens with one attached hydrogen (secondary N) is 1. The third-order valence-corrected chi connectivity index (χ3v) is 7.49. The van der Waals surface area contributed by atoms with Crippen LogP contribution in [0.2, 0.25) is 0 Å². The monoisotopic (exact) mass is 476 g/mol. The number of nitrogens with zero attached hydrogens (tertiary/aromatic N) is 1. The van der Waals surface area contributed by atoms with E-state index in [4.69, 9.17) is 13.9 Å². The van der Waals surface area contributed by atoms with Gasteiger partial charge in [-0.2, -0.15) is 0 Å². The summed E-state index contributed by atoms with van der Waals surface area (Å²) in [4.78, 5) is 15.3. The normalized spacial score (nSPS) is 21.1. The smallest absolute Gasteiger partial charge is 0.287 e. The van der Waals surface area contributed by atoms with Gasteiger partial charge in [0.05, 0.1) is 25.5 Å². The van der Waals surface area contributed by atoms with Crippen molar-refractivity contribution in [1.29, 1.82) is 0 Å². The lowest BCUT2D eigenvalue weighted by molar-refractivity contribution is -0.0336. The highest BCUT2D eigenvalue weighted by Crippen LogP contribution is 2.52. The van der Waals surface area contributed by atoms with Gasteiger partial charge in [-0.3, -0.25) is 9.69 Å². The first-order valence-electron chi connectivity index (χ1n) is 12.2. The molecule has 35 heavy (non-hydrogen) atoms. The van der Waals surface area contributed by atoms with Gasteiger partial charge in [0, 0.05) is 24.1 Å². The highest BCUT2D eigenvalue weighted by atomic mass is 16.5. The van der Waals surface area contributed by atoms with Gasteiger partial charge in [0.2, 0.25) is 0 Å². The molecule has 0 radical (unpaired) electrons. The van der Waals surface area contributed by atoms with Crippen molar-refractivity contribution in [2.24, 2.45) is 0 Å². The van der Waals surface area contributed by atoms with Gasteiger partial charge >= 0.3 is 0 Å². The van der Waals surface area contributed by atoms with Crippen LogP contribution in [0.25, 0.3) is 0 Å². The standard InChI is InChI=1S/C28H32N2O5/c1-3-34-26-25(29-27(32)24-9-6-16-35-24)21-7-4-5-8-22(21)28(26)12-14-30(15-13-28)18-19-17-20(33-2)10-11-23(19)31/h4-11,16-17,25-26,31H,3,12-15,18H2,1-2H3,(H,29,32)/t25-,26+/m1/s1. The second kappa shape index (κ2) is 9.76. The van der Waals surface area contributed by atoms with Crippen molar-refractivity contribution in [3.8, 4) is 11.5 Å². The minimum Gasteiger partial charge on any atom is -0.508 e. The molecule has 7 nitrogen and oxygen atoms in total. The van der Waals surface area contributed by atoms with Gasteiger partial charge in [-0.25, -0.2) is 0 Å². The van der Waals surface area contributed by atoms with Gasteiger partial charge in [0.25, 0.3) is 5.91 Å². The Balaban J connectivity index is 1.39. The number of carbonyl (C=O) groups excluding carboxylic acids is 1. The summed E-state index contributed by atoms with van der Waals surface area (Å²) in [7, 11) is 1.63. The van der Waals surface area contributed by atoms with E-state index in [1.807, 2.05) is 19.1 Å². The second-order valence-electron chi connectivity index (χ2n) is 9.32. The molecular weight excluding hydrogens is 444 g/mol. The number of methoxy groups -OCH3 is 1. The zero-order valence-corrected chi connectivity index (χ0v) is 20.2. The number of aromatic hydroxyl groups is 1. The predicted octanol–water partition coefficient (Wildman–Crippen LogP) is 4.42. The van der Waals surface area contributed by atoms with Crippen LogP contribution < -0.4 is 10.1 Å². The van der Waals surface area contributed by atoms with Gasteiger partial charge in [0.1, 0.15) is 11.5 Å². The van der Waals surface area contributed by atoms with Gasteiger partial charge in [0.15, 0.2) is 5.76 Å². The number of rotatable bonds is 7. The number of hydrogen-bond donors (Lipinski definition) is 2. The average Bonchev–Trinajstić information content (AvgIpc) is 3.50. The highest BCUT2D eigenvalue weighted by Gasteiger charge is 2.54. The Hall–Kier alpha value is -3.29. The quantitative estimate of drug-likeness (QED) is 0.525. The summed E-state index contributed by atoms with van der Waals surface area (Å²) in [6.45, 7) is 4.93. The number of ether oxygens (including phenoxy) is 2. The number of fused-ring (bicyclic) bond motifs is 2. The third kappa shape index (κ3) is 4.30. The van der Waals surface area contributed by atoms with E-state index in [9.17, 15) is 9.90 Å². The summed E-state index contributed by atoms with van der Waals surface area (Å²) in [5.74, 6) is 1.09. The number of carbonyl (C=O) groups is 1. The molecule has 1 amide bonds. The third-order valence-electron chi connectivity index (χ3n) is 7.49. The second-order valence-corrected chi connectivity index (χ2v) is 9.32. The fourth-order valence-electron chi connectivity index (χ4n) is 5.79. The van der Waals surface area contributed by atoms with E-state index in [0.717, 1.165) is 42.8 Å². The molecule has 2 heterocycles. The molecule has 1 aliphatic carbocycles. The first-order valence-corrected chi connectivity index (χ1v) is 12.2. The van der Waals surface area contributed by atoms with Gasteiger partial charge in [-0.15, -0.1) is 0 Å². The molecule has 1 fully saturated rings. The maximum Gasteiger partial charge on any atom is 0.287 e. The summed E-state index contributed by atoms with van der Waals surface area (Å²) < 4.78 is 17.1. The van der Waals surface area contributed by atoms with Crippen molar-refractivity contribution < 1.29 is 23.8 Å². The first-order chi connectivity index (χ1) is 17.1. The van der Waals surface area contributed by atoms with E-state index in [1.54, 1.807) is 31.4 Å². The largest absolute Gasteiger partial charge is 0.508 e. The highest BCUT2D eigenvalue weighted by molar-refractivity contribution is 5.91. The van der Waals surface area contributed by atoms with Crippen molar-refractivity contribution >= 4 is 5.91 Å². The molecule has 1 saturated heterocycles. The van der Waals surface area contributed by atoms with Crippen LogP contribution in [-0.4, -0.2) is 48.8 Å². The van der Waals surface area contributed by atoms with Crippen LogP contribution in [0.4, 0.5) is 0 Å². The molecule has 0 saturated carbocycles. The number of hydrogen-bond acceptors (Lipinski definition) is 6. The Morgan fingerprint density at radius 2 is 1.97 bits per heavy atom. The Morgan fingerprint density at radius 3 is 2.69 bits per heavy atom. The van der Waals surface area contributed by atoms with Gasteiger partial charge < -0.3 is 24.3 Å². The summed E-state index contributed by atoms with van der Waals surface area (Å²) in [6.07, 6.45) is 3.13. The minimum absolute atomic E-state index is 0.170. The lowest BCUT2D eigenvalue weighted by Gasteiger charge is -2.44. The molecule has 2 N–H and O–H groups in total. The van der Waals surface area contributed by atoms with E-state index in [2.05, 4.69) is 28.4 Å². The molecule has 2 atom stereocenters. The van der Waals surface area contributed by atoms with Crippen molar-refractivity contribution in [3.05, 3.63) is 83.3 Å². The van der Waals surface area contributed by atoms with Crippen LogP contribution in [0.5, 0.6) is 11.5 Å². The fraction of sp³-hybridized carbons (Fsp3) is 0.393. The number of phenolic OH excluding ortho intramolecular Hbond substituents is 1. The van der Waals surface area contributed by atoms with E-state index in [1.165, 1.54) is 11.8 Å². The number of phenols is 1. The molecular formula is C28H32N2O5. The zero-order valence-electron chi connectivity index (χ0n) is 20.2. The van der Waals surface area contributed by atoms with Crippen LogP contribution in [0, 0.1) is 0 Å². The molecule has 1 aromatic heterocycles. The molecule has 3 aromatic rings. The Bertz CT molecular complexity index is 1170. The average molecular weight is 477 g/mol. The van der Waals surface area contributed by atoms with Crippen LogP contribution in [-0.2, 0) is 16.7 Å².